The van der Waals surface area contributed by atoms with Gasteiger partial charge in [-0.05, 0) is 75.0 Å². The van der Waals surface area contributed by atoms with E-state index in [1.807, 2.05) is 36.4 Å². The summed E-state index contributed by atoms with van der Waals surface area (Å²) in [6.45, 7) is 9.26. The van der Waals surface area contributed by atoms with E-state index >= 15 is 0 Å². The molecule has 0 aliphatic heterocycles. The third-order valence-electron chi connectivity index (χ3n) is 6.53. The molecule has 140 valence electrons. The standard InChI is InChI=1S/C12H20.2C7H8/c1-11-4-9-3-10(5-11)7-12(2,6-9)8-11;2*1-7-5-3-2-4-6-7/h9-10H,3-8H2,1-2H3;2*2-6H,1H3. The highest BCUT2D eigenvalue weighted by Crippen LogP contribution is 2.64. The van der Waals surface area contributed by atoms with Crippen LogP contribution in [0.15, 0.2) is 60.7 Å². The van der Waals surface area contributed by atoms with Gasteiger partial charge in [-0.3, -0.25) is 0 Å². The SMILES string of the molecule is CC12CC3CC(C1)CC(C)(C3)C2.Cc1ccccc1.Cc1ccccc1. The van der Waals surface area contributed by atoms with Gasteiger partial charge in [-0.15, -0.1) is 0 Å². The average Bonchev–Trinajstić information content (AvgIpc) is 2.54. The maximum Gasteiger partial charge on any atom is -0.0315 e. The lowest BCUT2D eigenvalue weighted by Gasteiger charge is -2.60. The molecule has 0 nitrogen and oxygen atoms in total. The summed E-state index contributed by atoms with van der Waals surface area (Å²) in [7, 11) is 0. The molecule has 4 aliphatic rings. The van der Waals surface area contributed by atoms with Crippen LogP contribution in [0.4, 0.5) is 0 Å². The van der Waals surface area contributed by atoms with Crippen molar-refractivity contribution >= 4 is 0 Å². The zero-order valence-corrected chi connectivity index (χ0v) is 17.2. The van der Waals surface area contributed by atoms with Crippen LogP contribution in [0.25, 0.3) is 0 Å². The maximum atomic E-state index is 2.54. The molecule has 0 N–H and O–H groups in total. The molecule has 0 saturated heterocycles. The van der Waals surface area contributed by atoms with Gasteiger partial charge in [-0.2, -0.15) is 0 Å². The first kappa shape index (κ1) is 19.2. The Hall–Kier alpha value is -1.56. The molecule has 2 aromatic rings. The quantitative estimate of drug-likeness (QED) is 0.459. The molecule has 0 amide bonds. The fourth-order valence-corrected chi connectivity index (χ4v) is 6.29. The Morgan fingerprint density at radius 1 is 0.615 bits per heavy atom. The minimum absolute atomic E-state index is 0.763. The first-order valence-corrected chi connectivity index (χ1v) is 10.4. The molecule has 4 saturated carbocycles. The molecule has 26 heavy (non-hydrogen) atoms. The first-order chi connectivity index (χ1) is 12.4. The fraction of sp³-hybridized carbons (Fsp3) is 0.538. The van der Waals surface area contributed by atoms with Gasteiger partial charge in [0, 0.05) is 0 Å². The van der Waals surface area contributed by atoms with Crippen LogP contribution in [0.3, 0.4) is 0 Å². The van der Waals surface area contributed by atoms with Gasteiger partial charge in [0.05, 0.1) is 0 Å². The number of hydrogen-bond donors (Lipinski definition) is 0. The highest BCUT2D eigenvalue weighted by atomic mass is 14.6. The summed E-state index contributed by atoms with van der Waals surface area (Å²) in [6, 6.07) is 20.5. The van der Waals surface area contributed by atoms with E-state index in [0.717, 1.165) is 22.7 Å². The van der Waals surface area contributed by atoms with Gasteiger partial charge in [0.15, 0.2) is 0 Å². The minimum Gasteiger partial charge on any atom is -0.0622 e. The van der Waals surface area contributed by atoms with Crippen molar-refractivity contribution in [3.05, 3.63) is 71.8 Å². The Kier molecular flexibility index (Phi) is 5.90. The molecule has 0 heteroatoms. The summed E-state index contributed by atoms with van der Waals surface area (Å²) in [5.41, 5.74) is 4.17. The molecule has 0 spiro atoms. The predicted octanol–water partition coefficient (Wildman–Crippen LogP) is 7.60. The summed E-state index contributed by atoms with van der Waals surface area (Å²) in [6.07, 6.45) is 9.33. The Bertz CT molecular complexity index is 598. The van der Waals surface area contributed by atoms with Crippen LogP contribution in [0, 0.1) is 36.5 Å². The second-order valence-corrected chi connectivity index (χ2v) is 9.89. The molecule has 0 unspecified atom stereocenters. The molecule has 0 heterocycles. The highest BCUT2D eigenvalue weighted by Gasteiger charge is 2.53. The number of benzene rings is 2. The van der Waals surface area contributed by atoms with Crippen LogP contribution in [-0.2, 0) is 0 Å². The molecule has 6 rings (SSSR count). The normalized spacial score (nSPS) is 33.5. The monoisotopic (exact) mass is 348 g/mol. The molecule has 0 radical (unpaired) electrons. The zero-order chi connectivity index (χ0) is 18.6. The van der Waals surface area contributed by atoms with Crippen molar-refractivity contribution in [1.29, 1.82) is 0 Å². The fourth-order valence-electron chi connectivity index (χ4n) is 6.29. The van der Waals surface area contributed by atoms with Gasteiger partial charge in [-0.1, -0.05) is 85.6 Å². The number of rotatable bonds is 0. The van der Waals surface area contributed by atoms with E-state index in [-0.39, 0.29) is 0 Å². The summed E-state index contributed by atoms with van der Waals surface area (Å²) < 4.78 is 0. The molecule has 4 aliphatic carbocycles. The molecular formula is C26H36. The molecule has 2 aromatic carbocycles. The topological polar surface area (TPSA) is 0 Å². The second kappa shape index (κ2) is 7.99. The van der Waals surface area contributed by atoms with Crippen LogP contribution in [0.5, 0.6) is 0 Å². The molecule has 4 fully saturated rings. The van der Waals surface area contributed by atoms with E-state index in [2.05, 4.69) is 52.0 Å². The molecule has 4 bridgehead atoms. The average molecular weight is 349 g/mol. The van der Waals surface area contributed by atoms with Crippen molar-refractivity contribution in [2.24, 2.45) is 22.7 Å². The summed E-state index contributed by atoms with van der Waals surface area (Å²) in [4.78, 5) is 0. The minimum atomic E-state index is 0.763. The predicted molar refractivity (Wildman–Crippen MR) is 113 cm³/mol. The van der Waals surface area contributed by atoms with Crippen molar-refractivity contribution in [1.82, 2.24) is 0 Å². The van der Waals surface area contributed by atoms with Crippen LogP contribution < -0.4 is 0 Å². The van der Waals surface area contributed by atoms with Crippen molar-refractivity contribution in [2.75, 3.05) is 0 Å². The summed E-state index contributed by atoms with van der Waals surface area (Å²) in [5, 5.41) is 0. The maximum absolute atomic E-state index is 2.54. The van der Waals surface area contributed by atoms with Crippen molar-refractivity contribution in [2.45, 2.75) is 66.2 Å². The Balaban J connectivity index is 0.000000122. The van der Waals surface area contributed by atoms with Crippen LogP contribution in [-0.4, -0.2) is 0 Å². The van der Waals surface area contributed by atoms with E-state index in [9.17, 15) is 0 Å². The van der Waals surface area contributed by atoms with E-state index < -0.39 is 0 Å². The number of hydrogen-bond acceptors (Lipinski definition) is 0. The Morgan fingerprint density at radius 3 is 1.19 bits per heavy atom. The zero-order valence-electron chi connectivity index (χ0n) is 17.2. The van der Waals surface area contributed by atoms with Gasteiger partial charge in [0.2, 0.25) is 0 Å². The molecule has 0 aromatic heterocycles. The van der Waals surface area contributed by atoms with E-state index in [0.29, 0.717) is 0 Å². The van der Waals surface area contributed by atoms with Gasteiger partial charge in [-0.25, -0.2) is 0 Å². The Labute approximate surface area is 161 Å². The largest absolute Gasteiger partial charge is 0.0622 e. The van der Waals surface area contributed by atoms with E-state index in [1.165, 1.54) is 17.5 Å². The van der Waals surface area contributed by atoms with Gasteiger partial charge in [0.25, 0.3) is 0 Å². The number of aryl methyl sites for hydroxylation is 2. The van der Waals surface area contributed by atoms with Crippen molar-refractivity contribution < 1.29 is 0 Å². The van der Waals surface area contributed by atoms with Crippen LogP contribution >= 0.6 is 0 Å². The lowest BCUT2D eigenvalue weighted by Crippen LogP contribution is -2.49. The molecule has 0 atom stereocenters. The second-order valence-electron chi connectivity index (χ2n) is 9.89. The van der Waals surface area contributed by atoms with Crippen molar-refractivity contribution in [3.8, 4) is 0 Å². The van der Waals surface area contributed by atoms with E-state index in [4.69, 9.17) is 0 Å². The lowest BCUT2D eigenvalue weighted by molar-refractivity contribution is -0.0920. The van der Waals surface area contributed by atoms with Gasteiger partial charge >= 0.3 is 0 Å². The summed E-state index contributed by atoms with van der Waals surface area (Å²) in [5.74, 6) is 2.22. The summed E-state index contributed by atoms with van der Waals surface area (Å²) >= 11 is 0. The third kappa shape index (κ3) is 5.22. The molecular weight excluding hydrogens is 312 g/mol. The lowest BCUT2D eigenvalue weighted by atomic mass is 9.45. The third-order valence-corrected chi connectivity index (χ3v) is 6.53. The first-order valence-electron chi connectivity index (χ1n) is 10.4. The van der Waals surface area contributed by atoms with Gasteiger partial charge < -0.3 is 0 Å². The Morgan fingerprint density at radius 2 is 0.962 bits per heavy atom. The smallest absolute Gasteiger partial charge is 0.0315 e. The van der Waals surface area contributed by atoms with Gasteiger partial charge in [0.1, 0.15) is 0 Å². The van der Waals surface area contributed by atoms with Crippen molar-refractivity contribution in [3.63, 3.8) is 0 Å². The van der Waals surface area contributed by atoms with Crippen LogP contribution in [0.2, 0.25) is 0 Å². The van der Waals surface area contributed by atoms with Crippen LogP contribution in [0.1, 0.15) is 63.5 Å². The highest BCUT2D eigenvalue weighted by molar-refractivity contribution is 5.12. The van der Waals surface area contributed by atoms with E-state index in [1.54, 1.807) is 32.1 Å².